The second-order valence-electron chi connectivity index (χ2n) is 5.20. The van der Waals surface area contributed by atoms with Crippen molar-refractivity contribution in [3.8, 4) is 0 Å². The largest absolute Gasteiger partial charge is 0.360 e. The highest BCUT2D eigenvalue weighted by Crippen LogP contribution is 2.29. The molecule has 0 bridgehead atoms. The van der Waals surface area contributed by atoms with Crippen molar-refractivity contribution in [2.75, 3.05) is 24.7 Å². The highest BCUT2D eigenvalue weighted by atomic mass is 35.5. The van der Waals surface area contributed by atoms with Gasteiger partial charge < -0.3 is 5.32 Å². The number of nitrogens with zero attached hydrogens (tertiary/aromatic N) is 2. The molecule has 6 nitrogen and oxygen atoms in total. The van der Waals surface area contributed by atoms with Gasteiger partial charge in [-0.1, -0.05) is 0 Å². The maximum atomic E-state index is 12.0. The molecule has 1 aromatic rings. The van der Waals surface area contributed by atoms with Gasteiger partial charge in [0.2, 0.25) is 5.28 Å². The van der Waals surface area contributed by atoms with Gasteiger partial charge in [0.25, 0.3) is 0 Å². The van der Waals surface area contributed by atoms with Gasteiger partial charge in [-0.15, -0.1) is 0 Å². The number of quaternary nitrogens is 1. The number of halogens is 1. The Balaban J connectivity index is 1.85. The fourth-order valence-corrected chi connectivity index (χ4v) is 4.19. The van der Waals surface area contributed by atoms with Crippen molar-refractivity contribution in [1.29, 1.82) is 0 Å². The third kappa shape index (κ3) is 2.57. The number of nitrogens with one attached hydrogen (secondary N) is 2. The van der Waals surface area contributed by atoms with Crippen molar-refractivity contribution in [3.63, 3.8) is 0 Å². The van der Waals surface area contributed by atoms with E-state index in [-0.39, 0.29) is 17.2 Å². The SMILES string of the molecule is C[NH+]1CC(Nc2nc(Cl)nc3c2S(=O)CC3)CCC1=O. The molecule has 0 spiro atoms. The highest BCUT2D eigenvalue weighted by Gasteiger charge is 2.31. The van der Waals surface area contributed by atoms with E-state index >= 15 is 0 Å². The zero-order valence-corrected chi connectivity index (χ0v) is 12.7. The summed E-state index contributed by atoms with van der Waals surface area (Å²) >= 11 is 5.93. The zero-order chi connectivity index (χ0) is 14.3. The lowest BCUT2D eigenvalue weighted by atomic mass is 10.1. The molecule has 0 saturated carbocycles. The molecule has 0 aliphatic carbocycles. The average molecular weight is 316 g/mol. The lowest BCUT2D eigenvalue weighted by Gasteiger charge is -2.26. The summed E-state index contributed by atoms with van der Waals surface area (Å²) in [6, 6.07) is 0.139. The topological polar surface area (TPSA) is 76.4 Å². The third-order valence-corrected chi connectivity index (χ3v) is 5.38. The summed E-state index contributed by atoms with van der Waals surface area (Å²) in [5, 5.41) is 3.48. The molecule has 108 valence electrons. The van der Waals surface area contributed by atoms with Crippen LogP contribution in [0, 0.1) is 0 Å². The van der Waals surface area contributed by atoms with Gasteiger partial charge in [-0.05, 0) is 18.0 Å². The molecule has 1 saturated heterocycles. The predicted molar refractivity (Wildman–Crippen MR) is 75.4 cm³/mol. The van der Waals surface area contributed by atoms with Crippen LogP contribution in [0.2, 0.25) is 5.28 Å². The van der Waals surface area contributed by atoms with Crippen LogP contribution in [0.15, 0.2) is 4.90 Å². The quantitative estimate of drug-likeness (QED) is 0.714. The normalized spacial score (nSPS) is 29.3. The maximum absolute atomic E-state index is 12.0. The number of piperidine rings is 1. The summed E-state index contributed by atoms with van der Waals surface area (Å²) < 4.78 is 12.0. The number of rotatable bonds is 2. The van der Waals surface area contributed by atoms with Crippen molar-refractivity contribution in [2.45, 2.75) is 30.2 Å². The highest BCUT2D eigenvalue weighted by molar-refractivity contribution is 7.85. The molecule has 3 rings (SSSR count). The molecular weight excluding hydrogens is 300 g/mol. The monoisotopic (exact) mass is 315 g/mol. The second-order valence-corrected chi connectivity index (χ2v) is 7.05. The molecule has 1 aromatic heterocycles. The summed E-state index contributed by atoms with van der Waals surface area (Å²) in [6.45, 7) is 0.696. The van der Waals surface area contributed by atoms with Crippen molar-refractivity contribution in [2.24, 2.45) is 0 Å². The van der Waals surface area contributed by atoms with Crippen LogP contribution in [-0.2, 0) is 22.0 Å². The number of likely N-dealkylation sites (tertiary alicyclic amines) is 1. The molecule has 0 radical (unpaired) electrons. The predicted octanol–water partition coefficient (Wildman–Crippen LogP) is -0.591. The van der Waals surface area contributed by atoms with Gasteiger partial charge in [0.05, 0.1) is 36.0 Å². The van der Waals surface area contributed by atoms with Crippen LogP contribution in [0.1, 0.15) is 18.5 Å². The Morgan fingerprint density at radius 2 is 2.20 bits per heavy atom. The van der Waals surface area contributed by atoms with Crippen molar-refractivity contribution in [3.05, 3.63) is 11.0 Å². The number of fused-ring (bicyclic) bond motifs is 1. The first kappa shape index (κ1) is 13.9. The Labute approximate surface area is 124 Å². The summed E-state index contributed by atoms with van der Waals surface area (Å²) in [4.78, 5) is 21.4. The average Bonchev–Trinajstić information content (AvgIpc) is 2.75. The summed E-state index contributed by atoms with van der Waals surface area (Å²) in [5.41, 5.74) is 0.776. The Morgan fingerprint density at radius 3 is 2.95 bits per heavy atom. The molecule has 1 amide bonds. The van der Waals surface area contributed by atoms with Gasteiger partial charge in [-0.2, -0.15) is 4.98 Å². The van der Waals surface area contributed by atoms with Gasteiger partial charge >= 0.3 is 5.91 Å². The molecule has 3 heterocycles. The van der Waals surface area contributed by atoms with E-state index < -0.39 is 10.8 Å². The lowest BCUT2D eigenvalue weighted by molar-refractivity contribution is -0.802. The summed E-state index contributed by atoms with van der Waals surface area (Å²) in [5.74, 6) is 1.38. The molecule has 20 heavy (non-hydrogen) atoms. The Bertz CT molecular complexity index is 595. The summed E-state index contributed by atoms with van der Waals surface area (Å²) in [6.07, 6.45) is 1.99. The minimum atomic E-state index is -1.06. The Kier molecular flexibility index (Phi) is 3.74. The van der Waals surface area contributed by atoms with Crippen LogP contribution in [0.4, 0.5) is 5.82 Å². The van der Waals surface area contributed by atoms with E-state index in [0.29, 0.717) is 35.9 Å². The molecule has 3 atom stereocenters. The standard InChI is InChI=1S/C12H15ClN4O2S/c1-17-6-7(2-3-9(17)18)14-11-10-8(4-5-20(10)19)15-12(13)16-11/h7H,2-6H2,1H3,(H,14,15,16)/p+1. The molecule has 2 N–H and O–H groups in total. The van der Waals surface area contributed by atoms with E-state index in [1.165, 1.54) is 0 Å². The fourth-order valence-electron chi connectivity index (χ4n) is 2.69. The molecule has 8 heteroatoms. The minimum Gasteiger partial charge on any atom is -0.360 e. The Morgan fingerprint density at radius 1 is 1.40 bits per heavy atom. The summed E-state index contributed by atoms with van der Waals surface area (Å²) in [7, 11) is 0.809. The lowest BCUT2D eigenvalue weighted by Crippen LogP contribution is -3.14. The number of amides is 1. The van der Waals surface area contributed by atoms with Crippen LogP contribution in [-0.4, -0.2) is 45.5 Å². The van der Waals surface area contributed by atoms with Crippen LogP contribution >= 0.6 is 11.6 Å². The third-order valence-electron chi connectivity index (χ3n) is 3.75. The first-order chi connectivity index (χ1) is 9.54. The van der Waals surface area contributed by atoms with Gasteiger partial charge in [-0.3, -0.25) is 9.11 Å². The van der Waals surface area contributed by atoms with Crippen molar-refractivity contribution >= 4 is 34.1 Å². The van der Waals surface area contributed by atoms with Crippen LogP contribution in [0.25, 0.3) is 0 Å². The van der Waals surface area contributed by atoms with Gasteiger partial charge in [0.15, 0.2) is 0 Å². The number of hydrogen-bond acceptors (Lipinski definition) is 5. The molecule has 2 aliphatic heterocycles. The first-order valence-corrected chi connectivity index (χ1v) is 8.31. The van der Waals surface area contributed by atoms with Gasteiger partial charge in [0, 0.05) is 12.2 Å². The zero-order valence-electron chi connectivity index (χ0n) is 11.1. The van der Waals surface area contributed by atoms with E-state index in [0.717, 1.165) is 17.0 Å². The molecule has 3 unspecified atom stereocenters. The van der Waals surface area contributed by atoms with Crippen LogP contribution in [0.3, 0.4) is 0 Å². The number of carbonyl (C=O) groups is 1. The van der Waals surface area contributed by atoms with E-state index in [1.807, 2.05) is 7.05 Å². The minimum absolute atomic E-state index is 0.139. The fraction of sp³-hybridized carbons (Fsp3) is 0.583. The number of aryl methyl sites for hydroxylation is 1. The Hall–Kier alpha value is -1.05. The van der Waals surface area contributed by atoms with E-state index in [2.05, 4.69) is 15.3 Å². The van der Waals surface area contributed by atoms with E-state index in [1.54, 1.807) is 0 Å². The molecule has 1 fully saturated rings. The molecule has 0 aromatic carbocycles. The number of anilines is 1. The van der Waals surface area contributed by atoms with Crippen LogP contribution in [0.5, 0.6) is 0 Å². The van der Waals surface area contributed by atoms with Gasteiger partial charge in [0.1, 0.15) is 17.3 Å². The van der Waals surface area contributed by atoms with Crippen LogP contribution < -0.4 is 10.2 Å². The number of hydrogen-bond donors (Lipinski definition) is 2. The molecular formula is C12H16ClN4O2S+. The van der Waals surface area contributed by atoms with Crippen molar-refractivity contribution in [1.82, 2.24) is 9.97 Å². The second kappa shape index (κ2) is 5.38. The van der Waals surface area contributed by atoms with Crippen molar-refractivity contribution < 1.29 is 13.9 Å². The smallest absolute Gasteiger partial charge is 0.312 e. The number of carbonyl (C=O) groups excluding carboxylic acids is 1. The first-order valence-electron chi connectivity index (χ1n) is 6.61. The van der Waals surface area contributed by atoms with E-state index in [9.17, 15) is 9.00 Å². The maximum Gasteiger partial charge on any atom is 0.312 e. The van der Waals surface area contributed by atoms with Gasteiger partial charge in [-0.25, -0.2) is 9.78 Å². The molecule has 2 aliphatic rings. The van der Waals surface area contributed by atoms with E-state index in [4.69, 9.17) is 11.6 Å². The number of likely N-dealkylation sites (N-methyl/N-ethyl adjacent to an activating group) is 1. The number of aromatic nitrogens is 2.